The molecule has 0 fully saturated rings. The number of para-hydroxylation sites is 2. The highest BCUT2D eigenvalue weighted by molar-refractivity contribution is 6.32. The van der Waals surface area contributed by atoms with E-state index in [0.29, 0.717) is 16.0 Å². The molecule has 18 heavy (non-hydrogen) atoms. The third-order valence-electron chi connectivity index (χ3n) is 2.53. The predicted octanol–water partition coefficient (Wildman–Crippen LogP) is 4.00. The average molecular weight is 276 g/mol. The number of halogens is 2. The van der Waals surface area contributed by atoms with Crippen LogP contribution in [0.15, 0.2) is 42.6 Å². The minimum Gasteiger partial charge on any atom is -0.244 e. The first kappa shape index (κ1) is 11.4. The summed E-state index contributed by atoms with van der Waals surface area (Å²) in [7, 11) is 0. The summed E-state index contributed by atoms with van der Waals surface area (Å²) in [6.07, 6.45) is 1.63. The molecule has 88 valence electrons. The van der Waals surface area contributed by atoms with Crippen LogP contribution < -0.4 is 0 Å². The molecular weight excluding hydrogens is 269 g/mol. The van der Waals surface area contributed by atoms with E-state index in [1.807, 2.05) is 30.3 Å². The van der Waals surface area contributed by atoms with Crippen molar-refractivity contribution in [3.05, 3.63) is 52.9 Å². The zero-order valence-electron chi connectivity index (χ0n) is 9.14. The second-order valence-corrected chi connectivity index (χ2v) is 4.47. The molecule has 0 aliphatic carbocycles. The van der Waals surface area contributed by atoms with Crippen molar-refractivity contribution >= 4 is 34.2 Å². The van der Waals surface area contributed by atoms with E-state index < -0.39 is 0 Å². The Morgan fingerprint density at radius 2 is 1.56 bits per heavy atom. The second-order valence-electron chi connectivity index (χ2n) is 3.72. The van der Waals surface area contributed by atoms with Crippen LogP contribution in [-0.2, 0) is 0 Å². The molecule has 1 aromatic carbocycles. The van der Waals surface area contributed by atoms with E-state index in [0.717, 1.165) is 16.6 Å². The predicted molar refractivity (Wildman–Crippen MR) is 72.8 cm³/mol. The van der Waals surface area contributed by atoms with Crippen molar-refractivity contribution in [2.45, 2.75) is 0 Å². The van der Waals surface area contributed by atoms with Gasteiger partial charge in [0.2, 0.25) is 0 Å². The molecule has 0 spiro atoms. The number of nitrogens with zero attached hydrogens (tertiary/aromatic N) is 3. The number of rotatable bonds is 1. The zero-order chi connectivity index (χ0) is 12.5. The number of aromatic nitrogens is 3. The largest absolute Gasteiger partial charge is 0.244 e. The molecule has 0 aliphatic heterocycles. The summed E-state index contributed by atoms with van der Waals surface area (Å²) in [5, 5.41) is 0.793. The molecule has 2 aromatic heterocycles. The molecule has 3 nitrogen and oxygen atoms in total. The van der Waals surface area contributed by atoms with Crippen LogP contribution in [0, 0.1) is 0 Å². The van der Waals surface area contributed by atoms with Crippen LogP contribution >= 0.6 is 23.2 Å². The molecule has 0 amide bonds. The SMILES string of the molecule is Clc1ccc(-c2nc3ccccc3nc2Cl)cn1. The van der Waals surface area contributed by atoms with Gasteiger partial charge in [-0.05, 0) is 24.3 Å². The van der Waals surface area contributed by atoms with Crippen molar-refractivity contribution in [1.82, 2.24) is 15.0 Å². The topological polar surface area (TPSA) is 38.7 Å². The Kier molecular flexibility index (Phi) is 2.86. The maximum absolute atomic E-state index is 6.14. The first-order valence-corrected chi connectivity index (χ1v) is 6.04. The Bertz CT molecular complexity index is 711. The van der Waals surface area contributed by atoms with E-state index in [1.165, 1.54) is 0 Å². The lowest BCUT2D eigenvalue weighted by Gasteiger charge is -2.04. The molecule has 0 unspecified atom stereocenters. The Morgan fingerprint density at radius 3 is 2.22 bits per heavy atom. The van der Waals surface area contributed by atoms with Gasteiger partial charge in [-0.15, -0.1) is 0 Å². The van der Waals surface area contributed by atoms with E-state index in [1.54, 1.807) is 12.3 Å². The van der Waals surface area contributed by atoms with E-state index in [-0.39, 0.29) is 0 Å². The van der Waals surface area contributed by atoms with Gasteiger partial charge in [-0.1, -0.05) is 35.3 Å². The van der Waals surface area contributed by atoms with E-state index >= 15 is 0 Å². The van der Waals surface area contributed by atoms with Gasteiger partial charge >= 0.3 is 0 Å². The number of hydrogen-bond donors (Lipinski definition) is 0. The summed E-state index contributed by atoms with van der Waals surface area (Å²) < 4.78 is 0. The van der Waals surface area contributed by atoms with Gasteiger partial charge in [-0.2, -0.15) is 0 Å². The summed E-state index contributed by atoms with van der Waals surface area (Å²) >= 11 is 11.9. The molecule has 0 saturated carbocycles. The van der Waals surface area contributed by atoms with Gasteiger partial charge in [-0.3, -0.25) is 0 Å². The Balaban J connectivity index is 2.22. The molecule has 0 radical (unpaired) electrons. The Morgan fingerprint density at radius 1 is 0.833 bits per heavy atom. The summed E-state index contributed by atoms with van der Waals surface area (Å²) in [5.41, 5.74) is 2.97. The van der Waals surface area contributed by atoms with E-state index in [2.05, 4.69) is 15.0 Å². The van der Waals surface area contributed by atoms with Gasteiger partial charge in [-0.25, -0.2) is 15.0 Å². The van der Waals surface area contributed by atoms with Crippen LogP contribution in [-0.4, -0.2) is 15.0 Å². The first-order chi connectivity index (χ1) is 8.74. The van der Waals surface area contributed by atoms with Gasteiger partial charge in [0.25, 0.3) is 0 Å². The lowest BCUT2D eigenvalue weighted by Crippen LogP contribution is -1.91. The fraction of sp³-hybridized carbons (Fsp3) is 0. The highest BCUT2D eigenvalue weighted by atomic mass is 35.5. The fourth-order valence-corrected chi connectivity index (χ4v) is 2.03. The normalized spacial score (nSPS) is 10.8. The summed E-state index contributed by atoms with van der Waals surface area (Å²) in [5.74, 6) is 0. The summed E-state index contributed by atoms with van der Waals surface area (Å²) in [6.45, 7) is 0. The Hall–Kier alpha value is -1.71. The molecule has 0 saturated heterocycles. The summed E-state index contributed by atoms with van der Waals surface area (Å²) in [4.78, 5) is 12.8. The van der Waals surface area contributed by atoms with Gasteiger partial charge in [0, 0.05) is 11.8 Å². The second kappa shape index (κ2) is 4.52. The minimum absolute atomic E-state index is 0.359. The molecule has 5 heteroatoms. The van der Waals surface area contributed by atoms with Gasteiger partial charge in [0.15, 0.2) is 5.15 Å². The molecule has 0 atom stereocenters. The van der Waals surface area contributed by atoms with E-state index in [9.17, 15) is 0 Å². The van der Waals surface area contributed by atoms with Crippen LogP contribution in [0.4, 0.5) is 0 Å². The number of hydrogen-bond acceptors (Lipinski definition) is 3. The maximum Gasteiger partial charge on any atom is 0.156 e. The van der Waals surface area contributed by atoms with Crippen LogP contribution in [0.1, 0.15) is 0 Å². The molecule has 3 rings (SSSR count). The highest BCUT2D eigenvalue weighted by Crippen LogP contribution is 2.26. The lowest BCUT2D eigenvalue weighted by atomic mass is 10.2. The van der Waals surface area contributed by atoms with Crippen molar-refractivity contribution in [2.24, 2.45) is 0 Å². The summed E-state index contributed by atoms with van der Waals surface area (Å²) in [6, 6.07) is 11.1. The van der Waals surface area contributed by atoms with Crippen LogP contribution in [0.25, 0.3) is 22.3 Å². The van der Waals surface area contributed by atoms with Gasteiger partial charge < -0.3 is 0 Å². The number of fused-ring (bicyclic) bond motifs is 1. The third kappa shape index (κ3) is 2.03. The van der Waals surface area contributed by atoms with Crippen LogP contribution in [0.2, 0.25) is 10.3 Å². The van der Waals surface area contributed by atoms with Gasteiger partial charge in [0.1, 0.15) is 10.8 Å². The lowest BCUT2D eigenvalue weighted by molar-refractivity contribution is 1.26. The molecule has 3 aromatic rings. The molecule has 0 bridgehead atoms. The average Bonchev–Trinajstić information content (AvgIpc) is 2.39. The van der Waals surface area contributed by atoms with Gasteiger partial charge in [0.05, 0.1) is 11.0 Å². The smallest absolute Gasteiger partial charge is 0.156 e. The highest BCUT2D eigenvalue weighted by Gasteiger charge is 2.09. The van der Waals surface area contributed by atoms with Crippen molar-refractivity contribution < 1.29 is 0 Å². The van der Waals surface area contributed by atoms with E-state index in [4.69, 9.17) is 23.2 Å². The third-order valence-corrected chi connectivity index (χ3v) is 3.02. The molecular formula is C13H7Cl2N3. The monoisotopic (exact) mass is 275 g/mol. The standard InChI is InChI=1S/C13H7Cl2N3/c14-11-6-5-8(7-16-11)12-13(15)18-10-4-2-1-3-9(10)17-12/h1-7H. The van der Waals surface area contributed by atoms with Crippen molar-refractivity contribution in [3.63, 3.8) is 0 Å². The number of pyridine rings is 1. The zero-order valence-corrected chi connectivity index (χ0v) is 10.7. The molecule has 0 N–H and O–H groups in total. The van der Waals surface area contributed by atoms with Crippen LogP contribution in [0.5, 0.6) is 0 Å². The quantitative estimate of drug-likeness (QED) is 0.630. The first-order valence-electron chi connectivity index (χ1n) is 5.28. The molecule has 2 heterocycles. The van der Waals surface area contributed by atoms with Crippen molar-refractivity contribution in [3.8, 4) is 11.3 Å². The van der Waals surface area contributed by atoms with Crippen LogP contribution in [0.3, 0.4) is 0 Å². The molecule has 0 aliphatic rings. The van der Waals surface area contributed by atoms with Crippen molar-refractivity contribution in [2.75, 3.05) is 0 Å². The maximum atomic E-state index is 6.14. The Labute approximate surface area is 113 Å². The number of benzene rings is 1. The minimum atomic E-state index is 0.359. The van der Waals surface area contributed by atoms with Crippen molar-refractivity contribution in [1.29, 1.82) is 0 Å². The fourth-order valence-electron chi connectivity index (χ4n) is 1.68.